The van der Waals surface area contributed by atoms with Crippen LogP contribution in [0.1, 0.15) is 53.3 Å². The van der Waals surface area contributed by atoms with Crippen LogP contribution in [0.25, 0.3) is 0 Å². The van der Waals surface area contributed by atoms with E-state index in [-0.39, 0.29) is 17.4 Å². The number of aldehydes is 1. The zero-order chi connectivity index (χ0) is 23.7. The van der Waals surface area contributed by atoms with Crippen molar-refractivity contribution < 1.29 is 28.7 Å². The third kappa shape index (κ3) is 5.92. The predicted molar refractivity (Wildman–Crippen MR) is 120 cm³/mol. The van der Waals surface area contributed by atoms with E-state index in [1.54, 1.807) is 26.4 Å². The number of imide groups is 1. The molecule has 1 aliphatic heterocycles. The number of hydrogen-bond acceptors (Lipinski definition) is 7. The fraction of sp³-hybridized carbons (Fsp3) is 0.565. The van der Waals surface area contributed by atoms with Crippen molar-refractivity contribution in [2.45, 2.75) is 44.9 Å². The molecule has 1 fully saturated rings. The van der Waals surface area contributed by atoms with E-state index in [2.05, 4.69) is 10.2 Å². The molecule has 2 rings (SSSR count). The highest BCUT2D eigenvalue weighted by atomic mass is 16.7. The summed E-state index contributed by atoms with van der Waals surface area (Å²) in [5.41, 5.74) is 1.35. The first-order chi connectivity index (χ1) is 15.4. The number of amides is 3. The van der Waals surface area contributed by atoms with Crippen LogP contribution in [0.3, 0.4) is 0 Å². The molecule has 1 unspecified atom stereocenters. The molecule has 0 radical (unpaired) electrons. The highest BCUT2D eigenvalue weighted by molar-refractivity contribution is 6.04. The number of ether oxygens (including phenoxy) is 2. The summed E-state index contributed by atoms with van der Waals surface area (Å²) in [4.78, 5) is 51.2. The molecule has 9 nitrogen and oxygen atoms in total. The number of anilines is 1. The summed E-state index contributed by atoms with van der Waals surface area (Å²) >= 11 is 0. The molecule has 1 heterocycles. The molecule has 1 aromatic rings. The summed E-state index contributed by atoms with van der Waals surface area (Å²) in [6.07, 6.45) is 3.55. The minimum absolute atomic E-state index is 0.222. The Morgan fingerprint density at radius 3 is 2.41 bits per heavy atom. The van der Waals surface area contributed by atoms with Crippen molar-refractivity contribution >= 4 is 30.2 Å². The van der Waals surface area contributed by atoms with E-state index in [9.17, 15) is 19.2 Å². The monoisotopic (exact) mass is 447 g/mol. The van der Waals surface area contributed by atoms with Gasteiger partial charge >= 0.3 is 0 Å². The number of benzene rings is 1. The topological polar surface area (TPSA) is 105 Å². The van der Waals surface area contributed by atoms with Crippen molar-refractivity contribution in [1.29, 1.82) is 0 Å². The number of methoxy groups -OCH3 is 2. The van der Waals surface area contributed by atoms with E-state index >= 15 is 0 Å². The number of likely N-dealkylation sites (N-methyl/N-ethyl adjacent to an activating group) is 1. The van der Waals surface area contributed by atoms with Crippen LogP contribution in [0, 0.1) is 5.92 Å². The van der Waals surface area contributed by atoms with E-state index in [1.165, 1.54) is 11.9 Å². The average molecular weight is 448 g/mol. The summed E-state index contributed by atoms with van der Waals surface area (Å²) < 4.78 is 10.7. The van der Waals surface area contributed by atoms with Crippen LogP contribution >= 0.6 is 0 Å². The Morgan fingerprint density at radius 2 is 1.88 bits per heavy atom. The molecule has 0 aliphatic carbocycles. The van der Waals surface area contributed by atoms with Gasteiger partial charge in [-0.25, -0.2) is 0 Å². The maximum absolute atomic E-state index is 13.1. The van der Waals surface area contributed by atoms with Gasteiger partial charge in [0, 0.05) is 51.5 Å². The summed E-state index contributed by atoms with van der Waals surface area (Å²) in [6.45, 7) is 3.45. The van der Waals surface area contributed by atoms with E-state index < -0.39 is 17.9 Å². The molecule has 9 heteroatoms. The maximum atomic E-state index is 13.1. The Bertz CT molecular complexity index is 803. The normalized spacial score (nSPS) is 15.3. The zero-order valence-corrected chi connectivity index (χ0v) is 19.2. The lowest BCUT2D eigenvalue weighted by molar-refractivity contribution is -0.141. The minimum Gasteiger partial charge on any atom is -0.371 e. The van der Waals surface area contributed by atoms with Crippen LogP contribution in [0.5, 0.6) is 0 Å². The van der Waals surface area contributed by atoms with E-state index in [0.717, 1.165) is 31.6 Å². The van der Waals surface area contributed by atoms with Crippen molar-refractivity contribution in [1.82, 2.24) is 10.2 Å². The van der Waals surface area contributed by atoms with Gasteiger partial charge in [0.1, 0.15) is 6.04 Å². The Labute approximate surface area is 189 Å². The molecule has 1 aliphatic rings. The highest BCUT2D eigenvalue weighted by Gasteiger charge is 2.29. The van der Waals surface area contributed by atoms with Crippen LogP contribution in [0.15, 0.2) is 18.2 Å². The van der Waals surface area contributed by atoms with Crippen molar-refractivity contribution in [3.63, 3.8) is 0 Å². The Morgan fingerprint density at radius 1 is 1.22 bits per heavy atom. The Hall–Kier alpha value is -2.78. The fourth-order valence-electron chi connectivity index (χ4n) is 4.21. The van der Waals surface area contributed by atoms with E-state index in [4.69, 9.17) is 9.47 Å². The maximum Gasteiger partial charge on any atom is 0.255 e. The number of carbonyl (C=O) groups excluding carboxylic acids is 4. The fourth-order valence-corrected chi connectivity index (χ4v) is 4.21. The molecule has 32 heavy (non-hydrogen) atoms. The first kappa shape index (κ1) is 25.5. The standard InChI is InChI=1S/C23H33N3O6/c1-5-6-20(21(29)24-15-28)25(2)22(30)19-8-7-18(13-17(19)14-27)26-11-9-16(10-12-26)23(31-3)32-4/h7-8,13-16,20,23H,5-6,9-12H2,1-4H3,(H,24,28,29). The summed E-state index contributed by atoms with van der Waals surface area (Å²) in [5, 5.41) is 2.11. The van der Waals surface area contributed by atoms with Gasteiger partial charge in [0.25, 0.3) is 5.91 Å². The van der Waals surface area contributed by atoms with Gasteiger partial charge in [0.15, 0.2) is 12.6 Å². The molecule has 3 amide bonds. The van der Waals surface area contributed by atoms with Crippen LogP contribution in [-0.4, -0.2) is 76.1 Å². The Kier molecular flexibility index (Phi) is 9.80. The number of nitrogens with zero attached hydrogens (tertiary/aromatic N) is 2. The first-order valence-corrected chi connectivity index (χ1v) is 10.8. The van der Waals surface area contributed by atoms with Crippen LogP contribution in [0.4, 0.5) is 5.69 Å². The number of piperidine rings is 1. The van der Waals surface area contributed by atoms with Crippen LogP contribution < -0.4 is 10.2 Å². The molecule has 0 bridgehead atoms. The van der Waals surface area contributed by atoms with E-state index in [1.807, 2.05) is 13.0 Å². The largest absolute Gasteiger partial charge is 0.371 e. The highest BCUT2D eigenvalue weighted by Crippen LogP contribution is 2.28. The average Bonchev–Trinajstić information content (AvgIpc) is 2.82. The molecular weight excluding hydrogens is 414 g/mol. The van der Waals surface area contributed by atoms with Gasteiger partial charge in [-0.2, -0.15) is 0 Å². The summed E-state index contributed by atoms with van der Waals surface area (Å²) in [7, 11) is 4.77. The summed E-state index contributed by atoms with van der Waals surface area (Å²) in [6, 6.07) is 4.35. The number of rotatable bonds is 11. The van der Waals surface area contributed by atoms with Gasteiger partial charge in [0.05, 0.1) is 5.56 Å². The van der Waals surface area contributed by atoms with Crippen molar-refractivity contribution in [2.75, 3.05) is 39.3 Å². The van der Waals surface area contributed by atoms with Crippen molar-refractivity contribution in [2.24, 2.45) is 5.92 Å². The summed E-state index contributed by atoms with van der Waals surface area (Å²) in [5.74, 6) is -0.690. The third-order valence-electron chi connectivity index (χ3n) is 6.00. The Balaban J connectivity index is 2.18. The lowest BCUT2D eigenvalue weighted by Crippen LogP contribution is -2.47. The van der Waals surface area contributed by atoms with Gasteiger partial charge in [-0.15, -0.1) is 0 Å². The number of carbonyl (C=O) groups is 4. The lowest BCUT2D eigenvalue weighted by Gasteiger charge is -2.36. The van der Waals surface area contributed by atoms with Crippen LogP contribution in [0.2, 0.25) is 0 Å². The number of hydrogen-bond donors (Lipinski definition) is 1. The van der Waals surface area contributed by atoms with Gasteiger partial charge in [-0.1, -0.05) is 13.3 Å². The molecular formula is C23H33N3O6. The second-order valence-electron chi connectivity index (χ2n) is 7.90. The molecule has 1 atom stereocenters. The van der Waals surface area contributed by atoms with Gasteiger partial charge in [-0.3, -0.25) is 24.5 Å². The SMILES string of the molecule is CCCC(C(=O)NC=O)N(C)C(=O)c1ccc(N2CCC(C(OC)OC)CC2)cc1C=O. The molecule has 1 saturated heterocycles. The molecule has 1 aromatic carbocycles. The van der Waals surface area contributed by atoms with Gasteiger partial charge < -0.3 is 19.3 Å². The molecule has 1 N–H and O–H groups in total. The second kappa shape index (κ2) is 12.3. The second-order valence-corrected chi connectivity index (χ2v) is 7.90. The van der Waals surface area contributed by atoms with Crippen molar-refractivity contribution in [3.8, 4) is 0 Å². The number of nitrogens with one attached hydrogen (secondary N) is 1. The molecule has 0 spiro atoms. The predicted octanol–water partition coefficient (Wildman–Crippen LogP) is 1.85. The molecule has 0 aromatic heterocycles. The lowest BCUT2D eigenvalue weighted by atomic mass is 9.95. The van der Waals surface area contributed by atoms with Crippen LogP contribution in [-0.2, 0) is 19.1 Å². The van der Waals surface area contributed by atoms with E-state index in [0.29, 0.717) is 31.5 Å². The molecule has 0 saturated carbocycles. The van der Waals surface area contributed by atoms with Gasteiger partial charge in [0.2, 0.25) is 12.3 Å². The quantitative estimate of drug-likeness (QED) is 0.408. The zero-order valence-electron chi connectivity index (χ0n) is 19.2. The molecule has 176 valence electrons. The first-order valence-electron chi connectivity index (χ1n) is 10.8. The third-order valence-corrected chi connectivity index (χ3v) is 6.00. The van der Waals surface area contributed by atoms with Gasteiger partial charge in [-0.05, 0) is 37.5 Å². The smallest absolute Gasteiger partial charge is 0.255 e. The van der Waals surface area contributed by atoms with Crippen molar-refractivity contribution in [3.05, 3.63) is 29.3 Å². The minimum atomic E-state index is -0.801.